The third-order valence-corrected chi connectivity index (χ3v) is 3.15. The molecule has 0 unspecified atom stereocenters. The number of carbonyl (C=O) groups is 1. The third kappa shape index (κ3) is 3.69. The summed E-state index contributed by atoms with van der Waals surface area (Å²) in [6.45, 7) is 1.85. The molecule has 0 saturated carbocycles. The third-order valence-electron chi connectivity index (χ3n) is 3.15. The maximum atomic E-state index is 11.3. The van der Waals surface area contributed by atoms with Crippen molar-refractivity contribution in [3.05, 3.63) is 54.4 Å². The van der Waals surface area contributed by atoms with Crippen molar-refractivity contribution < 1.29 is 14.3 Å². The van der Waals surface area contributed by atoms with E-state index in [2.05, 4.69) is 9.72 Å². The zero-order valence-corrected chi connectivity index (χ0v) is 12.3. The van der Waals surface area contributed by atoms with Crippen molar-refractivity contribution in [2.75, 3.05) is 14.2 Å². The molecule has 1 heterocycles. The smallest absolute Gasteiger partial charge is 0.330 e. The number of aromatic nitrogens is 1. The number of hydrogen-bond acceptors (Lipinski definition) is 4. The number of carbonyl (C=O) groups excluding carboxylic acids is 1. The summed E-state index contributed by atoms with van der Waals surface area (Å²) in [5, 5.41) is 0. The van der Waals surface area contributed by atoms with Crippen LogP contribution < -0.4 is 4.74 Å². The van der Waals surface area contributed by atoms with Crippen LogP contribution in [-0.2, 0) is 9.53 Å². The summed E-state index contributed by atoms with van der Waals surface area (Å²) in [6, 6.07) is 9.74. The normalized spacial score (nSPS) is 11.1. The van der Waals surface area contributed by atoms with Gasteiger partial charge < -0.3 is 9.47 Å². The molecule has 0 saturated heterocycles. The minimum atomic E-state index is -0.373. The van der Waals surface area contributed by atoms with E-state index < -0.39 is 0 Å². The van der Waals surface area contributed by atoms with Crippen LogP contribution in [0.25, 0.3) is 16.7 Å². The molecule has 4 nitrogen and oxygen atoms in total. The van der Waals surface area contributed by atoms with Crippen LogP contribution in [0.5, 0.6) is 5.75 Å². The monoisotopic (exact) mass is 283 g/mol. The van der Waals surface area contributed by atoms with Crippen LogP contribution >= 0.6 is 0 Å². The van der Waals surface area contributed by atoms with Crippen LogP contribution in [0.1, 0.15) is 12.5 Å². The lowest BCUT2D eigenvalue weighted by Crippen LogP contribution is -1.96. The van der Waals surface area contributed by atoms with E-state index in [1.54, 1.807) is 19.5 Å². The first-order valence-corrected chi connectivity index (χ1v) is 6.50. The average molecular weight is 283 g/mol. The van der Waals surface area contributed by atoms with E-state index in [9.17, 15) is 4.79 Å². The Morgan fingerprint density at radius 3 is 2.43 bits per heavy atom. The molecule has 0 aliphatic carbocycles. The zero-order chi connectivity index (χ0) is 15.2. The van der Waals surface area contributed by atoms with Crippen LogP contribution in [0.4, 0.5) is 0 Å². The van der Waals surface area contributed by atoms with Gasteiger partial charge in [-0.15, -0.1) is 0 Å². The molecule has 0 atom stereocenters. The summed E-state index contributed by atoms with van der Waals surface area (Å²) in [4.78, 5) is 15.5. The first-order valence-electron chi connectivity index (χ1n) is 6.50. The molecule has 1 aromatic heterocycles. The number of pyridine rings is 1. The van der Waals surface area contributed by atoms with E-state index in [0.717, 1.165) is 28.0 Å². The predicted octanol–water partition coefficient (Wildman–Crippen LogP) is 3.33. The SMILES string of the molecule is COC(=O)/C=C(\C)c1cncc(-c2ccc(OC)cc2)c1. The Morgan fingerprint density at radius 2 is 1.81 bits per heavy atom. The van der Waals surface area contributed by atoms with Crippen molar-refractivity contribution >= 4 is 11.5 Å². The van der Waals surface area contributed by atoms with Gasteiger partial charge in [-0.1, -0.05) is 12.1 Å². The number of benzene rings is 1. The summed E-state index contributed by atoms with van der Waals surface area (Å²) < 4.78 is 9.78. The van der Waals surface area contributed by atoms with Crippen molar-refractivity contribution in [3.63, 3.8) is 0 Å². The Kier molecular flexibility index (Phi) is 4.72. The van der Waals surface area contributed by atoms with Gasteiger partial charge in [0.2, 0.25) is 0 Å². The fourth-order valence-corrected chi connectivity index (χ4v) is 1.92. The molecule has 0 bridgehead atoms. The summed E-state index contributed by atoms with van der Waals surface area (Å²) in [7, 11) is 3.00. The number of allylic oxidation sites excluding steroid dienone is 1. The number of hydrogen-bond donors (Lipinski definition) is 0. The van der Waals surface area contributed by atoms with Gasteiger partial charge in [-0.25, -0.2) is 4.79 Å². The molecule has 0 fully saturated rings. The van der Waals surface area contributed by atoms with Gasteiger partial charge in [0.05, 0.1) is 14.2 Å². The Hall–Kier alpha value is -2.62. The lowest BCUT2D eigenvalue weighted by Gasteiger charge is -2.06. The predicted molar refractivity (Wildman–Crippen MR) is 81.9 cm³/mol. The minimum Gasteiger partial charge on any atom is -0.497 e. The lowest BCUT2D eigenvalue weighted by atomic mass is 10.0. The Bertz CT molecular complexity index is 660. The molecule has 0 radical (unpaired) electrons. The molecular weight excluding hydrogens is 266 g/mol. The van der Waals surface area contributed by atoms with Crippen molar-refractivity contribution in [1.82, 2.24) is 4.98 Å². The highest BCUT2D eigenvalue weighted by Gasteiger charge is 2.04. The van der Waals surface area contributed by atoms with Gasteiger partial charge in [0.15, 0.2) is 0 Å². The fraction of sp³-hybridized carbons (Fsp3) is 0.176. The Balaban J connectivity index is 2.32. The van der Waals surface area contributed by atoms with Crippen molar-refractivity contribution in [1.29, 1.82) is 0 Å². The molecule has 1 aromatic carbocycles. The number of methoxy groups -OCH3 is 2. The van der Waals surface area contributed by atoms with E-state index in [1.165, 1.54) is 13.2 Å². The second-order valence-corrected chi connectivity index (χ2v) is 4.54. The molecule has 0 aliphatic heterocycles. The number of ether oxygens (including phenoxy) is 2. The molecule has 0 aliphatic rings. The molecule has 0 spiro atoms. The average Bonchev–Trinajstić information content (AvgIpc) is 2.55. The molecule has 21 heavy (non-hydrogen) atoms. The van der Waals surface area contributed by atoms with E-state index in [-0.39, 0.29) is 5.97 Å². The minimum absolute atomic E-state index is 0.373. The van der Waals surface area contributed by atoms with Crippen LogP contribution in [0.15, 0.2) is 48.8 Å². The van der Waals surface area contributed by atoms with Gasteiger partial charge in [-0.2, -0.15) is 0 Å². The maximum Gasteiger partial charge on any atom is 0.330 e. The Labute approximate surface area is 124 Å². The summed E-state index contributed by atoms with van der Waals surface area (Å²) in [5.41, 5.74) is 3.71. The molecule has 0 N–H and O–H groups in total. The molecular formula is C17H17NO3. The second-order valence-electron chi connectivity index (χ2n) is 4.54. The van der Waals surface area contributed by atoms with E-state index in [4.69, 9.17) is 4.74 Å². The van der Waals surface area contributed by atoms with Crippen LogP contribution in [0.3, 0.4) is 0 Å². The van der Waals surface area contributed by atoms with Gasteiger partial charge >= 0.3 is 5.97 Å². The van der Waals surface area contributed by atoms with Crippen molar-refractivity contribution in [2.24, 2.45) is 0 Å². The highest BCUT2D eigenvalue weighted by Crippen LogP contribution is 2.24. The van der Waals surface area contributed by atoms with Gasteiger partial charge in [0, 0.05) is 24.0 Å². The number of rotatable bonds is 4. The zero-order valence-electron chi connectivity index (χ0n) is 12.3. The highest BCUT2D eigenvalue weighted by atomic mass is 16.5. The van der Waals surface area contributed by atoms with E-state index in [1.807, 2.05) is 37.3 Å². The van der Waals surface area contributed by atoms with E-state index >= 15 is 0 Å². The molecule has 4 heteroatoms. The van der Waals surface area contributed by atoms with Gasteiger partial charge in [0.25, 0.3) is 0 Å². The van der Waals surface area contributed by atoms with Crippen LogP contribution in [0, 0.1) is 0 Å². The van der Waals surface area contributed by atoms with Crippen molar-refractivity contribution in [3.8, 4) is 16.9 Å². The van der Waals surface area contributed by atoms with Crippen molar-refractivity contribution in [2.45, 2.75) is 6.92 Å². The fourth-order valence-electron chi connectivity index (χ4n) is 1.92. The lowest BCUT2D eigenvalue weighted by molar-refractivity contribution is -0.134. The Morgan fingerprint density at radius 1 is 1.10 bits per heavy atom. The molecule has 2 rings (SSSR count). The molecule has 0 amide bonds. The van der Waals surface area contributed by atoms with Gasteiger partial charge in [-0.05, 0) is 41.8 Å². The summed E-state index contributed by atoms with van der Waals surface area (Å²) in [6.07, 6.45) is 4.97. The first-order chi connectivity index (χ1) is 10.1. The van der Waals surface area contributed by atoms with Crippen LogP contribution in [-0.4, -0.2) is 25.2 Å². The standard InChI is InChI=1S/C17H17NO3/c1-12(8-17(19)21-3)14-9-15(11-18-10-14)13-4-6-16(20-2)7-5-13/h4-11H,1-3H3/b12-8+. The van der Waals surface area contributed by atoms with Gasteiger partial charge in [0.1, 0.15) is 5.75 Å². The summed E-state index contributed by atoms with van der Waals surface area (Å²) in [5.74, 6) is 0.437. The molecule has 2 aromatic rings. The second kappa shape index (κ2) is 6.70. The molecule has 108 valence electrons. The first kappa shape index (κ1) is 14.8. The van der Waals surface area contributed by atoms with Crippen LogP contribution in [0.2, 0.25) is 0 Å². The highest BCUT2D eigenvalue weighted by molar-refractivity contribution is 5.91. The summed E-state index contributed by atoms with van der Waals surface area (Å²) >= 11 is 0. The number of nitrogens with zero attached hydrogens (tertiary/aromatic N) is 1. The van der Waals surface area contributed by atoms with Gasteiger partial charge in [-0.3, -0.25) is 4.98 Å². The van der Waals surface area contributed by atoms with E-state index in [0.29, 0.717) is 0 Å². The largest absolute Gasteiger partial charge is 0.497 e. The maximum absolute atomic E-state index is 11.3. The quantitative estimate of drug-likeness (QED) is 0.638. The topological polar surface area (TPSA) is 48.4 Å². The number of esters is 1.